The van der Waals surface area contributed by atoms with E-state index in [-0.39, 0.29) is 12.3 Å². The van der Waals surface area contributed by atoms with Crippen LogP contribution in [0.3, 0.4) is 0 Å². The lowest BCUT2D eigenvalue weighted by molar-refractivity contribution is -0.115. The molecule has 8 nitrogen and oxygen atoms in total. The van der Waals surface area contributed by atoms with Gasteiger partial charge in [-0.25, -0.2) is 9.67 Å². The van der Waals surface area contributed by atoms with Crippen molar-refractivity contribution in [2.45, 2.75) is 26.9 Å². The van der Waals surface area contributed by atoms with Gasteiger partial charge in [0.1, 0.15) is 18.1 Å². The minimum atomic E-state index is -0.118. The second kappa shape index (κ2) is 8.60. The fourth-order valence-corrected chi connectivity index (χ4v) is 2.96. The fourth-order valence-electron chi connectivity index (χ4n) is 2.96. The van der Waals surface area contributed by atoms with Gasteiger partial charge in [-0.05, 0) is 49.7 Å². The van der Waals surface area contributed by atoms with E-state index in [9.17, 15) is 4.79 Å². The van der Waals surface area contributed by atoms with Crippen molar-refractivity contribution in [3.63, 3.8) is 0 Å². The lowest BCUT2D eigenvalue weighted by Gasteiger charge is -2.08. The lowest BCUT2D eigenvalue weighted by Crippen LogP contribution is -2.14. The molecule has 3 aromatic heterocycles. The fraction of sp³-hybridized carbons (Fsp3) is 0.182. The minimum absolute atomic E-state index is 0.118. The Balaban J connectivity index is 1.30. The van der Waals surface area contributed by atoms with Gasteiger partial charge in [-0.3, -0.25) is 4.79 Å². The third kappa shape index (κ3) is 4.54. The van der Waals surface area contributed by atoms with E-state index in [1.165, 1.54) is 0 Å². The predicted octanol–water partition coefficient (Wildman–Crippen LogP) is 3.63. The van der Waals surface area contributed by atoms with Crippen LogP contribution >= 0.6 is 0 Å². The van der Waals surface area contributed by atoms with Crippen LogP contribution in [0, 0.1) is 13.8 Å². The molecule has 8 heteroatoms. The Bertz CT molecular complexity index is 1100. The molecule has 4 aromatic rings. The van der Waals surface area contributed by atoms with Gasteiger partial charge in [0.15, 0.2) is 5.82 Å². The maximum atomic E-state index is 12.3. The Kier molecular flexibility index (Phi) is 5.56. The number of hydrogen-bond acceptors (Lipinski definition) is 6. The average Bonchev–Trinajstić information content (AvgIpc) is 3.39. The molecule has 0 fully saturated rings. The van der Waals surface area contributed by atoms with Crippen LogP contribution in [0.5, 0.6) is 5.75 Å². The molecule has 1 aromatic carbocycles. The second-order valence-corrected chi connectivity index (χ2v) is 6.82. The van der Waals surface area contributed by atoms with Crippen molar-refractivity contribution >= 4 is 11.6 Å². The summed E-state index contributed by atoms with van der Waals surface area (Å²) in [6, 6.07) is 12.9. The molecule has 30 heavy (non-hydrogen) atoms. The van der Waals surface area contributed by atoms with Crippen LogP contribution in [-0.2, 0) is 17.8 Å². The van der Waals surface area contributed by atoms with E-state index in [4.69, 9.17) is 9.26 Å². The Morgan fingerprint density at radius 2 is 2.00 bits per heavy atom. The second-order valence-electron chi connectivity index (χ2n) is 6.82. The summed E-state index contributed by atoms with van der Waals surface area (Å²) in [4.78, 5) is 16.6. The number of rotatable bonds is 7. The molecule has 0 atom stereocenters. The monoisotopic (exact) mass is 403 g/mol. The largest absolute Gasteiger partial charge is 0.489 e. The van der Waals surface area contributed by atoms with Crippen LogP contribution in [-0.4, -0.2) is 25.8 Å². The number of nitrogens with zero attached hydrogens (tertiary/aromatic N) is 4. The van der Waals surface area contributed by atoms with Crippen LogP contribution < -0.4 is 10.1 Å². The van der Waals surface area contributed by atoms with Crippen LogP contribution in [0.15, 0.2) is 65.6 Å². The summed E-state index contributed by atoms with van der Waals surface area (Å²) in [5.74, 6) is 2.05. The molecule has 0 spiro atoms. The standard InChI is InChI=1S/C22H21N5O3/c1-15-20(16(2)30-26-15)14-29-19-7-4-17(5-8-19)12-22(28)25-18-6-9-21(23-13-18)27-11-3-10-24-27/h3-11,13H,12,14H2,1-2H3,(H,25,28). The van der Waals surface area contributed by atoms with E-state index in [0.29, 0.717) is 18.1 Å². The number of carbonyl (C=O) groups is 1. The molecule has 0 aliphatic carbocycles. The normalized spacial score (nSPS) is 10.7. The third-order valence-electron chi connectivity index (χ3n) is 4.62. The van der Waals surface area contributed by atoms with Crippen molar-refractivity contribution in [3.8, 4) is 11.6 Å². The minimum Gasteiger partial charge on any atom is -0.489 e. The first-order valence-electron chi connectivity index (χ1n) is 9.48. The first kappa shape index (κ1) is 19.4. The summed E-state index contributed by atoms with van der Waals surface area (Å²) < 4.78 is 12.6. The highest BCUT2D eigenvalue weighted by Gasteiger charge is 2.10. The van der Waals surface area contributed by atoms with Gasteiger partial charge in [-0.1, -0.05) is 17.3 Å². The maximum Gasteiger partial charge on any atom is 0.228 e. The molecule has 0 aliphatic heterocycles. The summed E-state index contributed by atoms with van der Waals surface area (Å²) in [5, 5.41) is 10.9. The molecule has 0 saturated heterocycles. The summed E-state index contributed by atoms with van der Waals surface area (Å²) in [7, 11) is 0. The predicted molar refractivity (Wildman–Crippen MR) is 110 cm³/mol. The van der Waals surface area contributed by atoms with Crippen LogP contribution in [0.4, 0.5) is 5.69 Å². The number of amides is 1. The summed E-state index contributed by atoms with van der Waals surface area (Å²) in [6.07, 6.45) is 5.36. The number of benzene rings is 1. The molecule has 1 amide bonds. The van der Waals surface area contributed by atoms with Crippen molar-refractivity contribution in [1.29, 1.82) is 0 Å². The summed E-state index contributed by atoms with van der Waals surface area (Å²) in [5.41, 5.74) is 3.30. The molecule has 152 valence electrons. The Morgan fingerprint density at radius 3 is 2.63 bits per heavy atom. The average molecular weight is 403 g/mol. The van der Waals surface area contributed by atoms with E-state index >= 15 is 0 Å². The smallest absolute Gasteiger partial charge is 0.228 e. The molecule has 4 rings (SSSR count). The van der Waals surface area contributed by atoms with Gasteiger partial charge >= 0.3 is 0 Å². The SMILES string of the molecule is Cc1noc(C)c1COc1ccc(CC(=O)Nc2ccc(-n3cccn3)nc2)cc1. The quantitative estimate of drug-likeness (QED) is 0.506. The highest BCUT2D eigenvalue weighted by atomic mass is 16.5. The molecule has 1 N–H and O–H groups in total. The molecule has 0 radical (unpaired) electrons. The highest BCUT2D eigenvalue weighted by Crippen LogP contribution is 2.18. The zero-order chi connectivity index (χ0) is 20.9. The van der Waals surface area contributed by atoms with E-state index in [0.717, 1.165) is 28.3 Å². The summed E-state index contributed by atoms with van der Waals surface area (Å²) in [6.45, 7) is 4.14. The number of hydrogen-bond donors (Lipinski definition) is 1. The van der Waals surface area contributed by atoms with E-state index in [1.807, 2.05) is 50.4 Å². The van der Waals surface area contributed by atoms with Crippen LogP contribution in [0.2, 0.25) is 0 Å². The molecule has 0 aliphatic rings. The van der Waals surface area contributed by atoms with Gasteiger partial charge in [0, 0.05) is 12.4 Å². The molecule has 0 bridgehead atoms. The number of nitrogens with one attached hydrogen (secondary N) is 1. The third-order valence-corrected chi connectivity index (χ3v) is 4.62. The van der Waals surface area contributed by atoms with E-state index in [2.05, 4.69) is 20.6 Å². The molecule has 0 unspecified atom stereocenters. The van der Waals surface area contributed by atoms with Gasteiger partial charge in [-0.15, -0.1) is 0 Å². The number of pyridine rings is 1. The Labute approximate surface area is 173 Å². The number of aromatic nitrogens is 4. The molecular formula is C22H21N5O3. The maximum absolute atomic E-state index is 12.3. The van der Waals surface area contributed by atoms with Gasteiger partial charge in [0.05, 0.1) is 29.6 Å². The van der Waals surface area contributed by atoms with Crippen LogP contribution in [0.25, 0.3) is 5.82 Å². The number of aryl methyl sites for hydroxylation is 2. The van der Waals surface area contributed by atoms with Gasteiger partial charge in [-0.2, -0.15) is 5.10 Å². The lowest BCUT2D eigenvalue weighted by atomic mass is 10.1. The topological polar surface area (TPSA) is 95.1 Å². The Morgan fingerprint density at radius 1 is 1.17 bits per heavy atom. The van der Waals surface area contributed by atoms with Gasteiger partial charge in [0.25, 0.3) is 0 Å². The van der Waals surface area contributed by atoms with Crippen molar-refractivity contribution in [1.82, 2.24) is 19.9 Å². The summed E-state index contributed by atoms with van der Waals surface area (Å²) >= 11 is 0. The zero-order valence-corrected chi connectivity index (χ0v) is 16.7. The van der Waals surface area contributed by atoms with Crippen molar-refractivity contribution in [2.24, 2.45) is 0 Å². The van der Waals surface area contributed by atoms with Crippen LogP contribution in [0.1, 0.15) is 22.6 Å². The number of anilines is 1. The van der Waals surface area contributed by atoms with Crippen molar-refractivity contribution in [3.05, 3.63) is 83.6 Å². The number of carbonyl (C=O) groups excluding carboxylic acids is 1. The first-order chi connectivity index (χ1) is 14.6. The van der Waals surface area contributed by atoms with Gasteiger partial charge < -0.3 is 14.6 Å². The van der Waals surface area contributed by atoms with E-state index in [1.54, 1.807) is 29.2 Å². The first-order valence-corrected chi connectivity index (χ1v) is 9.48. The van der Waals surface area contributed by atoms with Gasteiger partial charge in [0.2, 0.25) is 5.91 Å². The molecule has 3 heterocycles. The van der Waals surface area contributed by atoms with Crippen molar-refractivity contribution < 1.29 is 14.1 Å². The number of ether oxygens (including phenoxy) is 1. The molecule has 0 saturated carbocycles. The van der Waals surface area contributed by atoms with Crippen molar-refractivity contribution in [2.75, 3.05) is 5.32 Å². The highest BCUT2D eigenvalue weighted by molar-refractivity contribution is 5.92. The zero-order valence-electron chi connectivity index (χ0n) is 16.7. The molecular weight excluding hydrogens is 382 g/mol. The Hall–Kier alpha value is -3.94. The van der Waals surface area contributed by atoms with E-state index < -0.39 is 0 Å².